The van der Waals surface area contributed by atoms with E-state index in [2.05, 4.69) is 166 Å². The summed E-state index contributed by atoms with van der Waals surface area (Å²) < 4.78 is 1.83. The van der Waals surface area contributed by atoms with Crippen molar-refractivity contribution in [2.24, 2.45) is 13.0 Å². The van der Waals surface area contributed by atoms with Crippen molar-refractivity contribution >= 4 is 17.3 Å². The summed E-state index contributed by atoms with van der Waals surface area (Å²) in [5.41, 5.74) is 7.87. The lowest BCUT2D eigenvalue weighted by molar-refractivity contribution is 0.0936. The van der Waals surface area contributed by atoms with E-state index in [4.69, 9.17) is 0 Å². The summed E-state index contributed by atoms with van der Waals surface area (Å²) in [6.07, 6.45) is 8.93. The zero-order chi connectivity index (χ0) is 43.8. The van der Waals surface area contributed by atoms with Crippen molar-refractivity contribution in [3.8, 4) is 0 Å². The first-order valence-electron chi connectivity index (χ1n) is 22.8. The molecule has 3 aliphatic rings. The van der Waals surface area contributed by atoms with Gasteiger partial charge in [0, 0.05) is 89.5 Å². The number of piperazine rings is 2. The van der Waals surface area contributed by atoms with E-state index in [1.807, 2.05) is 36.3 Å². The number of benzene rings is 2. The van der Waals surface area contributed by atoms with Gasteiger partial charge >= 0.3 is 0 Å². The van der Waals surface area contributed by atoms with Crippen LogP contribution in [0.4, 0.5) is 11.5 Å². The van der Waals surface area contributed by atoms with Crippen LogP contribution >= 0.6 is 0 Å². The Labute approximate surface area is 364 Å². The lowest BCUT2D eigenvalue weighted by Gasteiger charge is -2.34. The van der Waals surface area contributed by atoms with Crippen LogP contribution in [0.5, 0.6) is 0 Å². The number of rotatable bonds is 8. The van der Waals surface area contributed by atoms with Crippen LogP contribution in [0.15, 0.2) is 79.3 Å². The maximum atomic E-state index is 12.3. The lowest BCUT2D eigenvalue weighted by atomic mass is 9.89. The second kappa shape index (κ2) is 23.8. The molecule has 9 heteroatoms. The fourth-order valence-electron chi connectivity index (χ4n) is 7.50. The summed E-state index contributed by atoms with van der Waals surface area (Å²) in [4.78, 5) is 26.3. The van der Waals surface area contributed by atoms with Crippen molar-refractivity contribution in [1.29, 1.82) is 0 Å². The molecule has 3 saturated heterocycles. The first kappa shape index (κ1) is 48.6. The standard InChI is InChI=1S/C17H25NO.C14H22N2.C12H19N3.C8H14N2/c1-13(2)15-4-6-16(7-5-15)17(19)12-14-8-10-18(3)11-9-14;1-12(2)13-4-6-14(7-5-13)16-10-8-15(3)9-11-16;1-10(2)11-3-4-14-12(9-11)15-7-5-13-6-8-15;1-8(2,3)7-5-9-10(4)6-7/h4-7,13-14H,8-12H2,1-3H3;4-7,12H,8-11H2,1-3H3;3-4,9-10,13H,5-8H2,1-2H3;5-6H,1-4H3. The number of nitrogens with zero attached hydrogens (tertiary/aromatic N) is 7. The van der Waals surface area contributed by atoms with Crippen molar-refractivity contribution < 1.29 is 4.79 Å². The molecule has 330 valence electrons. The molecule has 0 unspecified atom stereocenters. The van der Waals surface area contributed by atoms with Gasteiger partial charge in [0.05, 0.1) is 6.20 Å². The van der Waals surface area contributed by atoms with E-state index < -0.39 is 0 Å². The SMILES string of the molecule is CC(C)c1ccc(C(=O)CC2CCN(C)CC2)cc1.CC(C)c1ccc(N2CCN(C)CC2)cc1.CC(C)c1ccnc(N2CCNCC2)c1.Cn1cc(C(C)(C)C)cn1. The Morgan fingerprint density at radius 2 is 1.22 bits per heavy atom. The lowest BCUT2D eigenvalue weighted by Crippen LogP contribution is -2.44. The third kappa shape index (κ3) is 16.1. The number of likely N-dealkylation sites (tertiary alicyclic amines) is 1. The molecule has 0 radical (unpaired) electrons. The minimum Gasteiger partial charge on any atom is -0.369 e. The van der Waals surface area contributed by atoms with Gasteiger partial charge in [-0.25, -0.2) is 4.98 Å². The molecule has 9 nitrogen and oxygen atoms in total. The summed E-state index contributed by atoms with van der Waals surface area (Å²) >= 11 is 0. The molecule has 0 bridgehead atoms. The number of carbonyl (C=O) groups is 1. The Morgan fingerprint density at radius 1 is 0.683 bits per heavy atom. The third-order valence-corrected chi connectivity index (χ3v) is 12.1. The molecule has 5 heterocycles. The number of Topliss-reactive ketones (excluding diaryl/α,β-unsaturated/α-hetero) is 1. The zero-order valence-electron chi connectivity index (χ0n) is 39.5. The Morgan fingerprint density at radius 3 is 1.70 bits per heavy atom. The number of nitrogens with one attached hydrogen (secondary N) is 1. The monoisotopic (exact) mass is 821 g/mol. The van der Waals surface area contributed by atoms with E-state index in [0.29, 0.717) is 29.5 Å². The minimum absolute atomic E-state index is 0.230. The maximum absolute atomic E-state index is 12.3. The van der Waals surface area contributed by atoms with E-state index in [1.165, 1.54) is 41.0 Å². The van der Waals surface area contributed by atoms with E-state index in [9.17, 15) is 4.79 Å². The minimum atomic E-state index is 0.230. The largest absolute Gasteiger partial charge is 0.369 e. The number of anilines is 2. The molecule has 0 saturated carbocycles. The number of carbonyl (C=O) groups excluding carboxylic acids is 1. The molecule has 2 aromatic heterocycles. The maximum Gasteiger partial charge on any atom is 0.163 e. The molecule has 0 aliphatic carbocycles. The van der Waals surface area contributed by atoms with Gasteiger partial charge in [0.2, 0.25) is 0 Å². The molecular formula is C51H80N8O. The normalized spacial score (nSPS) is 16.8. The van der Waals surface area contributed by atoms with Gasteiger partial charge in [-0.3, -0.25) is 9.48 Å². The van der Waals surface area contributed by atoms with Crippen LogP contribution < -0.4 is 15.1 Å². The summed E-state index contributed by atoms with van der Waals surface area (Å²) in [5, 5.41) is 7.45. The molecule has 2 aromatic carbocycles. The molecule has 3 fully saturated rings. The number of hydrogen-bond donors (Lipinski definition) is 1. The average Bonchev–Trinajstić information content (AvgIpc) is 3.70. The fraction of sp³-hybridized carbons (Fsp3) is 0.588. The van der Waals surface area contributed by atoms with Crippen LogP contribution in [0.2, 0.25) is 0 Å². The predicted molar refractivity (Wildman–Crippen MR) is 255 cm³/mol. The van der Waals surface area contributed by atoms with Crippen molar-refractivity contribution in [1.82, 2.24) is 29.9 Å². The van der Waals surface area contributed by atoms with Crippen LogP contribution in [0.25, 0.3) is 0 Å². The number of ketones is 1. The van der Waals surface area contributed by atoms with Crippen LogP contribution in [0.3, 0.4) is 0 Å². The third-order valence-electron chi connectivity index (χ3n) is 12.1. The van der Waals surface area contributed by atoms with Gasteiger partial charge in [-0.2, -0.15) is 5.10 Å². The van der Waals surface area contributed by atoms with Crippen molar-refractivity contribution in [3.63, 3.8) is 0 Å². The van der Waals surface area contributed by atoms with Gasteiger partial charge in [0.25, 0.3) is 0 Å². The van der Waals surface area contributed by atoms with Gasteiger partial charge in [-0.1, -0.05) is 98.7 Å². The highest BCUT2D eigenvalue weighted by Crippen LogP contribution is 2.24. The highest BCUT2D eigenvalue weighted by Gasteiger charge is 2.21. The molecule has 7 rings (SSSR count). The Balaban J connectivity index is 0.000000180. The highest BCUT2D eigenvalue weighted by molar-refractivity contribution is 5.96. The number of hydrogen-bond acceptors (Lipinski definition) is 8. The molecule has 3 aliphatic heterocycles. The molecule has 0 amide bonds. The van der Waals surface area contributed by atoms with E-state index in [0.717, 1.165) is 83.0 Å². The molecule has 1 N–H and O–H groups in total. The van der Waals surface area contributed by atoms with Crippen LogP contribution in [-0.2, 0) is 12.5 Å². The topological polar surface area (TPSA) is 72.8 Å². The number of aromatic nitrogens is 3. The number of aryl methyl sites for hydroxylation is 1. The van der Waals surface area contributed by atoms with Crippen LogP contribution in [0.1, 0.15) is 132 Å². The predicted octanol–water partition coefficient (Wildman–Crippen LogP) is 9.62. The smallest absolute Gasteiger partial charge is 0.163 e. The van der Waals surface area contributed by atoms with Gasteiger partial charge in [0.1, 0.15) is 5.82 Å². The summed E-state index contributed by atoms with van der Waals surface area (Å²) in [6, 6.07) is 21.5. The second-order valence-electron chi connectivity index (χ2n) is 19.2. The highest BCUT2D eigenvalue weighted by atomic mass is 16.1. The van der Waals surface area contributed by atoms with Crippen LogP contribution in [-0.4, -0.2) is 110 Å². The molecule has 4 aromatic rings. The summed E-state index contributed by atoms with van der Waals surface area (Å²) in [6.45, 7) is 31.0. The average molecular weight is 821 g/mol. The molecular weight excluding hydrogens is 741 g/mol. The van der Waals surface area contributed by atoms with Gasteiger partial charge in [-0.15, -0.1) is 0 Å². The van der Waals surface area contributed by atoms with Crippen molar-refractivity contribution in [3.05, 3.63) is 107 Å². The Hall–Kier alpha value is -4.05. The molecule has 0 spiro atoms. The molecule has 0 atom stereocenters. The fourth-order valence-corrected chi connectivity index (χ4v) is 7.50. The van der Waals surface area contributed by atoms with Crippen molar-refractivity contribution in [2.45, 2.75) is 105 Å². The van der Waals surface area contributed by atoms with Crippen molar-refractivity contribution in [2.75, 3.05) is 89.3 Å². The van der Waals surface area contributed by atoms with Gasteiger partial charge < -0.3 is 24.9 Å². The van der Waals surface area contributed by atoms with E-state index in [-0.39, 0.29) is 5.41 Å². The van der Waals surface area contributed by atoms with E-state index in [1.54, 1.807) is 0 Å². The zero-order valence-corrected chi connectivity index (χ0v) is 39.5. The van der Waals surface area contributed by atoms with Crippen LogP contribution in [0, 0.1) is 5.92 Å². The van der Waals surface area contributed by atoms with E-state index >= 15 is 0 Å². The number of pyridine rings is 1. The first-order chi connectivity index (χ1) is 28.5. The first-order valence-corrected chi connectivity index (χ1v) is 22.8. The summed E-state index contributed by atoms with van der Waals surface area (Å²) in [5.74, 6) is 3.75. The van der Waals surface area contributed by atoms with Gasteiger partial charge in [0.15, 0.2) is 5.78 Å². The number of likely N-dealkylation sites (N-methyl/N-ethyl adjacent to an activating group) is 1. The quantitative estimate of drug-likeness (QED) is 0.176. The second-order valence-corrected chi connectivity index (χ2v) is 19.2. The Kier molecular flexibility index (Phi) is 19.3. The molecule has 60 heavy (non-hydrogen) atoms. The van der Waals surface area contributed by atoms with Gasteiger partial charge in [-0.05, 0) is 116 Å². The summed E-state index contributed by atoms with van der Waals surface area (Å²) in [7, 11) is 6.29. The Bertz CT molecular complexity index is 1800. The number of piperidine rings is 1.